The molecule has 0 fully saturated rings. The molecule has 1 rings (SSSR count). The van der Waals surface area contributed by atoms with Crippen molar-refractivity contribution in [1.29, 1.82) is 0 Å². The van der Waals surface area contributed by atoms with Crippen LogP contribution in [0.15, 0.2) is 24.3 Å². The van der Waals surface area contributed by atoms with E-state index in [2.05, 4.69) is 65.8 Å². The molecule has 0 aliphatic heterocycles. The van der Waals surface area contributed by atoms with Crippen molar-refractivity contribution in [2.45, 2.75) is 64.2 Å². The van der Waals surface area contributed by atoms with Gasteiger partial charge in [0, 0.05) is 16.5 Å². The largest absolute Gasteiger partial charge is 0.327 e. The van der Waals surface area contributed by atoms with Gasteiger partial charge in [0.1, 0.15) is 0 Å². The van der Waals surface area contributed by atoms with Crippen LogP contribution < -0.4 is 5.73 Å². The molecule has 0 radical (unpaired) electrons. The minimum Gasteiger partial charge on any atom is -0.327 e. The van der Waals surface area contributed by atoms with E-state index in [1.54, 1.807) is 0 Å². The topological polar surface area (TPSA) is 26.0 Å². The summed E-state index contributed by atoms with van der Waals surface area (Å²) in [7, 11) is 0. The zero-order valence-electron chi connectivity index (χ0n) is 13.3. The number of benzene rings is 1. The summed E-state index contributed by atoms with van der Waals surface area (Å²) in [5.74, 6) is 1.02. The minimum absolute atomic E-state index is 0.225. The van der Waals surface area contributed by atoms with E-state index in [4.69, 9.17) is 5.73 Å². The first-order valence-electron chi connectivity index (χ1n) is 7.07. The Morgan fingerprint density at radius 2 is 1.53 bits per heavy atom. The van der Waals surface area contributed by atoms with Gasteiger partial charge in [0.15, 0.2) is 0 Å². The highest BCUT2D eigenvalue weighted by Gasteiger charge is 2.15. The molecule has 0 saturated carbocycles. The van der Waals surface area contributed by atoms with Crippen LogP contribution in [0.5, 0.6) is 0 Å². The quantitative estimate of drug-likeness (QED) is 0.885. The summed E-state index contributed by atoms with van der Waals surface area (Å²) in [4.78, 5) is 0. The highest BCUT2D eigenvalue weighted by molar-refractivity contribution is 8.00. The number of hydrogen-bond donors (Lipinski definition) is 1. The fourth-order valence-corrected chi connectivity index (χ4v) is 2.69. The Balaban J connectivity index is 2.54. The second-order valence-electron chi connectivity index (χ2n) is 7.33. The summed E-state index contributed by atoms with van der Waals surface area (Å²) >= 11 is 1.94. The van der Waals surface area contributed by atoms with Crippen LogP contribution in [0, 0.1) is 0 Å². The van der Waals surface area contributed by atoms with E-state index >= 15 is 0 Å². The van der Waals surface area contributed by atoms with E-state index in [-0.39, 0.29) is 11.5 Å². The Bertz CT molecular complexity index is 381. The van der Waals surface area contributed by atoms with Gasteiger partial charge in [-0.1, -0.05) is 65.8 Å². The van der Waals surface area contributed by atoms with Crippen LogP contribution in [-0.4, -0.2) is 16.5 Å². The Morgan fingerprint density at radius 3 is 1.95 bits per heavy atom. The van der Waals surface area contributed by atoms with Crippen LogP contribution in [0.25, 0.3) is 0 Å². The van der Waals surface area contributed by atoms with Crippen molar-refractivity contribution in [2.75, 3.05) is 5.75 Å². The number of thioether (sulfide) groups is 1. The molecule has 1 nitrogen and oxygen atoms in total. The maximum Gasteiger partial charge on any atom is 0.0171 e. The van der Waals surface area contributed by atoms with Gasteiger partial charge < -0.3 is 5.73 Å². The predicted octanol–water partition coefficient (Wildman–Crippen LogP) is 4.39. The average molecular weight is 279 g/mol. The van der Waals surface area contributed by atoms with E-state index in [9.17, 15) is 0 Å². The summed E-state index contributed by atoms with van der Waals surface area (Å²) in [5, 5.41) is 0. The predicted molar refractivity (Wildman–Crippen MR) is 89.0 cm³/mol. The molecule has 0 aliphatic carbocycles. The Hall–Kier alpha value is -0.470. The van der Waals surface area contributed by atoms with Gasteiger partial charge in [0.2, 0.25) is 0 Å². The lowest BCUT2D eigenvalue weighted by Gasteiger charge is -2.21. The summed E-state index contributed by atoms with van der Waals surface area (Å²) in [6.45, 7) is 13.4. The third-order valence-corrected chi connectivity index (χ3v) is 4.51. The first-order valence-corrected chi connectivity index (χ1v) is 8.05. The molecule has 2 heteroatoms. The number of rotatable bonds is 4. The second kappa shape index (κ2) is 6.32. The summed E-state index contributed by atoms with van der Waals surface area (Å²) in [6.07, 6.45) is 0.966. The molecular weight excluding hydrogens is 250 g/mol. The fourth-order valence-electron chi connectivity index (χ4n) is 1.86. The van der Waals surface area contributed by atoms with Crippen molar-refractivity contribution < 1.29 is 0 Å². The zero-order valence-corrected chi connectivity index (χ0v) is 14.1. The van der Waals surface area contributed by atoms with E-state index < -0.39 is 0 Å². The van der Waals surface area contributed by atoms with Gasteiger partial charge in [-0.05, 0) is 23.0 Å². The number of nitrogens with two attached hydrogens (primary N) is 1. The highest BCUT2D eigenvalue weighted by Crippen LogP contribution is 2.25. The Morgan fingerprint density at radius 1 is 1.00 bits per heavy atom. The SMILES string of the molecule is CC(C)(C)SCC(N)Cc1ccc(C(C)(C)C)cc1. The van der Waals surface area contributed by atoms with Gasteiger partial charge >= 0.3 is 0 Å². The third kappa shape index (κ3) is 6.49. The van der Waals surface area contributed by atoms with Crippen molar-refractivity contribution in [3.05, 3.63) is 35.4 Å². The minimum atomic E-state index is 0.225. The van der Waals surface area contributed by atoms with Crippen LogP contribution in [0.1, 0.15) is 52.7 Å². The lowest BCUT2D eigenvalue weighted by molar-refractivity contribution is 0.589. The summed E-state index contributed by atoms with van der Waals surface area (Å²) in [6, 6.07) is 9.16. The molecule has 0 aliphatic rings. The van der Waals surface area contributed by atoms with Crippen LogP contribution in [0.2, 0.25) is 0 Å². The number of hydrogen-bond acceptors (Lipinski definition) is 2. The van der Waals surface area contributed by atoms with E-state index in [0.717, 1.165) is 12.2 Å². The molecule has 0 amide bonds. The lowest BCUT2D eigenvalue weighted by atomic mass is 9.86. The average Bonchev–Trinajstić information content (AvgIpc) is 2.25. The molecule has 0 spiro atoms. The summed E-state index contributed by atoms with van der Waals surface area (Å²) < 4.78 is 0.299. The molecule has 1 aromatic carbocycles. The maximum atomic E-state index is 6.22. The Kier molecular flexibility index (Phi) is 5.52. The molecule has 1 unspecified atom stereocenters. The molecule has 0 bridgehead atoms. The first kappa shape index (κ1) is 16.6. The highest BCUT2D eigenvalue weighted by atomic mass is 32.2. The van der Waals surface area contributed by atoms with Gasteiger partial charge in [-0.25, -0.2) is 0 Å². The first-order chi connectivity index (χ1) is 8.58. The molecule has 19 heavy (non-hydrogen) atoms. The van der Waals surface area contributed by atoms with E-state index in [0.29, 0.717) is 4.75 Å². The smallest absolute Gasteiger partial charge is 0.0171 e. The van der Waals surface area contributed by atoms with Gasteiger partial charge in [-0.3, -0.25) is 0 Å². The molecular formula is C17H29NS. The van der Waals surface area contributed by atoms with Crippen LogP contribution in [0.3, 0.4) is 0 Å². The molecule has 2 N–H and O–H groups in total. The van der Waals surface area contributed by atoms with E-state index in [1.807, 2.05) is 11.8 Å². The van der Waals surface area contributed by atoms with Crippen LogP contribution >= 0.6 is 11.8 Å². The monoisotopic (exact) mass is 279 g/mol. The van der Waals surface area contributed by atoms with Crippen molar-refractivity contribution >= 4 is 11.8 Å². The van der Waals surface area contributed by atoms with Crippen molar-refractivity contribution in [3.8, 4) is 0 Å². The van der Waals surface area contributed by atoms with Gasteiger partial charge in [0.05, 0.1) is 0 Å². The molecule has 0 saturated heterocycles. The maximum absolute atomic E-state index is 6.22. The van der Waals surface area contributed by atoms with Crippen LogP contribution in [0.4, 0.5) is 0 Å². The molecule has 1 atom stereocenters. The van der Waals surface area contributed by atoms with Crippen molar-refractivity contribution in [3.63, 3.8) is 0 Å². The summed E-state index contributed by atoms with van der Waals surface area (Å²) in [5.41, 5.74) is 9.17. The molecule has 0 heterocycles. The molecule has 0 aromatic heterocycles. The molecule has 1 aromatic rings. The lowest BCUT2D eigenvalue weighted by Crippen LogP contribution is -2.28. The fraction of sp³-hybridized carbons (Fsp3) is 0.647. The van der Waals surface area contributed by atoms with Crippen LogP contribution in [-0.2, 0) is 11.8 Å². The van der Waals surface area contributed by atoms with Gasteiger partial charge in [0.25, 0.3) is 0 Å². The second-order valence-corrected chi connectivity index (χ2v) is 9.18. The Labute approximate surface area is 123 Å². The normalized spacial score (nSPS) is 14.5. The molecule has 108 valence electrons. The standard InChI is InChI=1S/C17H29NS/c1-16(2,3)14-9-7-13(8-10-14)11-15(18)12-19-17(4,5)6/h7-10,15H,11-12,18H2,1-6H3. The van der Waals surface area contributed by atoms with E-state index in [1.165, 1.54) is 11.1 Å². The van der Waals surface area contributed by atoms with Crippen molar-refractivity contribution in [1.82, 2.24) is 0 Å². The third-order valence-electron chi connectivity index (χ3n) is 3.05. The van der Waals surface area contributed by atoms with Crippen molar-refractivity contribution in [2.24, 2.45) is 5.73 Å². The zero-order chi connectivity index (χ0) is 14.7. The van der Waals surface area contributed by atoms with Gasteiger partial charge in [-0.15, -0.1) is 0 Å². The van der Waals surface area contributed by atoms with Gasteiger partial charge in [-0.2, -0.15) is 11.8 Å².